The molecule has 6 heteroatoms. The molecule has 5 nitrogen and oxygen atoms in total. The lowest BCUT2D eigenvalue weighted by Crippen LogP contribution is -2.57. The Balaban J connectivity index is 3.08. The number of piperidine rings is 1. The Morgan fingerprint density at radius 3 is 2.53 bits per heavy atom. The van der Waals surface area contributed by atoms with Crippen molar-refractivity contribution in [3.8, 4) is 0 Å². The summed E-state index contributed by atoms with van der Waals surface area (Å²) < 4.78 is 28.8. The average Bonchev–Trinajstić information content (AvgIpc) is 2.34. The molecule has 19 heavy (non-hydrogen) atoms. The summed E-state index contributed by atoms with van der Waals surface area (Å²) in [5, 5.41) is 0. The molecule has 1 rings (SSSR count). The normalized spacial score (nSPS) is 22.7. The summed E-state index contributed by atoms with van der Waals surface area (Å²) in [5.41, 5.74) is 5.26. The molecule has 0 spiro atoms. The van der Waals surface area contributed by atoms with Gasteiger partial charge in [-0.15, -0.1) is 6.58 Å². The molecule has 0 saturated carbocycles. The van der Waals surface area contributed by atoms with Crippen molar-refractivity contribution in [1.82, 2.24) is 8.61 Å². The molecule has 1 fully saturated rings. The first-order chi connectivity index (χ1) is 8.75. The fourth-order valence-corrected chi connectivity index (χ4v) is 4.64. The van der Waals surface area contributed by atoms with E-state index in [0.29, 0.717) is 19.6 Å². The maximum atomic E-state index is 12.8. The molecule has 0 aliphatic carbocycles. The highest BCUT2D eigenvalue weighted by Gasteiger charge is 2.40. The fourth-order valence-electron chi connectivity index (χ4n) is 2.47. The summed E-state index contributed by atoms with van der Waals surface area (Å²) in [6.45, 7) is 10.6. The molecule has 1 heterocycles. The molecule has 0 aromatic heterocycles. The predicted molar refractivity (Wildman–Crippen MR) is 79.0 cm³/mol. The molecule has 0 bridgehead atoms. The van der Waals surface area contributed by atoms with E-state index in [2.05, 4.69) is 6.58 Å². The first-order valence-electron chi connectivity index (χ1n) is 6.85. The average molecular weight is 289 g/mol. The Morgan fingerprint density at radius 2 is 2.05 bits per heavy atom. The summed E-state index contributed by atoms with van der Waals surface area (Å²) in [6.07, 6.45) is 4.43. The van der Waals surface area contributed by atoms with E-state index in [-0.39, 0.29) is 6.04 Å². The van der Waals surface area contributed by atoms with E-state index in [0.717, 1.165) is 19.3 Å². The second-order valence-electron chi connectivity index (χ2n) is 5.99. The zero-order valence-electron chi connectivity index (χ0n) is 12.3. The Labute approximate surface area is 117 Å². The topological polar surface area (TPSA) is 66.6 Å². The van der Waals surface area contributed by atoms with Gasteiger partial charge in [0.1, 0.15) is 0 Å². The van der Waals surface area contributed by atoms with Gasteiger partial charge < -0.3 is 5.73 Å². The molecule has 1 atom stereocenters. The van der Waals surface area contributed by atoms with Crippen molar-refractivity contribution in [3.63, 3.8) is 0 Å². The maximum absolute atomic E-state index is 12.8. The second-order valence-corrected chi connectivity index (χ2v) is 7.80. The van der Waals surface area contributed by atoms with Crippen LogP contribution in [0.4, 0.5) is 0 Å². The minimum absolute atomic E-state index is 0.0755. The lowest BCUT2D eigenvalue weighted by molar-refractivity contribution is 0.203. The zero-order chi connectivity index (χ0) is 14.7. The van der Waals surface area contributed by atoms with Gasteiger partial charge in [-0.05, 0) is 33.6 Å². The third-order valence-electron chi connectivity index (χ3n) is 3.46. The maximum Gasteiger partial charge on any atom is 0.283 e. The van der Waals surface area contributed by atoms with Crippen LogP contribution in [0.5, 0.6) is 0 Å². The molecule has 1 aliphatic heterocycles. The van der Waals surface area contributed by atoms with Crippen LogP contribution in [0.25, 0.3) is 0 Å². The first-order valence-corrected chi connectivity index (χ1v) is 8.25. The second kappa shape index (κ2) is 6.35. The van der Waals surface area contributed by atoms with Gasteiger partial charge in [0.2, 0.25) is 0 Å². The van der Waals surface area contributed by atoms with Gasteiger partial charge in [0.25, 0.3) is 10.2 Å². The molecule has 1 saturated heterocycles. The third-order valence-corrected chi connectivity index (χ3v) is 5.79. The van der Waals surface area contributed by atoms with Crippen LogP contribution < -0.4 is 5.73 Å². The number of nitrogens with zero attached hydrogens (tertiary/aromatic N) is 2. The molecule has 0 amide bonds. The van der Waals surface area contributed by atoms with Crippen molar-refractivity contribution in [2.45, 2.75) is 51.6 Å². The number of hydrogen-bond acceptors (Lipinski definition) is 3. The molecule has 0 radical (unpaired) electrons. The molecule has 1 unspecified atom stereocenters. The van der Waals surface area contributed by atoms with Gasteiger partial charge in [-0.25, -0.2) is 0 Å². The van der Waals surface area contributed by atoms with Gasteiger partial charge in [0.15, 0.2) is 0 Å². The van der Waals surface area contributed by atoms with Crippen molar-refractivity contribution in [2.75, 3.05) is 19.6 Å². The van der Waals surface area contributed by atoms with E-state index in [1.165, 1.54) is 4.31 Å². The number of rotatable bonds is 5. The van der Waals surface area contributed by atoms with Crippen LogP contribution in [0.2, 0.25) is 0 Å². The smallest absolute Gasteiger partial charge is 0.283 e. The summed E-state index contributed by atoms with van der Waals surface area (Å²) in [4.78, 5) is 0. The van der Waals surface area contributed by atoms with E-state index in [4.69, 9.17) is 5.73 Å². The zero-order valence-corrected chi connectivity index (χ0v) is 13.1. The van der Waals surface area contributed by atoms with Crippen LogP contribution in [0.3, 0.4) is 0 Å². The highest BCUT2D eigenvalue weighted by molar-refractivity contribution is 7.86. The molecule has 112 valence electrons. The molecule has 0 aromatic rings. The summed E-state index contributed by atoms with van der Waals surface area (Å²) >= 11 is 0. The van der Waals surface area contributed by atoms with Gasteiger partial charge in [-0.1, -0.05) is 12.5 Å². The molecule has 1 aliphatic rings. The minimum atomic E-state index is -3.49. The monoisotopic (exact) mass is 289 g/mol. The van der Waals surface area contributed by atoms with E-state index in [9.17, 15) is 8.42 Å². The van der Waals surface area contributed by atoms with Crippen LogP contribution in [-0.2, 0) is 10.2 Å². The minimum Gasteiger partial charge on any atom is -0.329 e. The Morgan fingerprint density at radius 1 is 1.42 bits per heavy atom. The van der Waals surface area contributed by atoms with Gasteiger partial charge in [-0.2, -0.15) is 17.0 Å². The summed E-state index contributed by atoms with van der Waals surface area (Å²) in [7, 11) is -3.49. The molecule has 2 N–H and O–H groups in total. The SMILES string of the molecule is C=CCN(C(C)(C)C)S(=O)(=O)N1CCCCC1CN. The van der Waals surface area contributed by atoms with Gasteiger partial charge in [0, 0.05) is 31.2 Å². The van der Waals surface area contributed by atoms with Crippen molar-refractivity contribution in [3.05, 3.63) is 12.7 Å². The highest BCUT2D eigenvalue weighted by Crippen LogP contribution is 2.26. The third kappa shape index (κ3) is 3.78. The molecular formula is C13H27N3O2S. The van der Waals surface area contributed by atoms with E-state index < -0.39 is 15.7 Å². The lowest BCUT2D eigenvalue weighted by Gasteiger charge is -2.41. The highest BCUT2D eigenvalue weighted by atomic mass is 32.2. The Bertz CT molecular complexity index is 401. The van der Waals surface area contributed by atoms with Gasteiger partial charge in [-0.3, -0.25) is 0 Å². The molecular weight excluding hydrogens is 262 g/mol. The van der Waals surface area contributed by atoms with E-state index in [1.54, 1.807) is 10.4 Å². The predicted octanol–water partition coefficient (Wildman–Crippen LogP) is 1.33. The van der Waals surface area contributed by atoms with Crippen LogP contribution in [0.1, 0.15) is 40.0 Å². The van der Waals surface area contributed by atoms with Crippen LogP contribution in [0, 0.1) is 0 Å². The fraction of sp³-hybridized carbons (Fsp3) is 0.846. The van der Waals surface area contributed by atoms with Crippen LogP contribution in [0.15, 0.2) is 12.7 Å². The van der Waals surface area contributed by atoms with Crippen LogP contribution in [-0.4, -0.2) is 48.2 Å². The van der Waals surface area contributed by atoms with Gasteiger partial charge >= 0.3 is 0 Å². The van der Waals surface area contributed by atoms with Crippen molar-refractivity contribution >= 4 is 10.2 Å². The largest absolute Gasteiger partial charge is 0.329 e. The van der Waals surface area contributed by atoms with Crippen LogP contribution >= 0.6 is 0 Å². The van der Waals surface area contributed by atoms with E-state index >= 15 is 0 Å². The Hall–Kier alpha value is -0.430. The first kappa shape index (κ1) is 16.6. The summed E-state index contributed by atoms with van der Waals surface area (Å²) in [5.74, 6) is 0. The van der Waals surface area contributed by atoms with Gasteiger partial charge in [0.05, 0.1) is 0 Å². The number of hydrogen-bond donors (Lipinski definition) is 1. The van der Waals surface area contributed by atoms with Crippen molar-refractivity contribution in [2.24, 2.45) is 5.73 Å². The lowest BCUT2D eigenvalue weighted by atomic mass is 10.1. The van der Waals surface area contributed by atoms with Crippen molar-refractivity contribution in [1.29, 1.82) is 0 Å². The quantitative estimate of drug-likeness (QED) is 0.777. The number of nitrogens with two attached hydrogens (primary N) is 1. The Kier molecular flexibility index (Phi) is 5.55. The van der Waals surface area contributed by atoms with E-state index in [1.807, 2.05) is 20.8 Å². The van der Waals surface area contributed by atoms with Crippen molar-refractivity contribution < 1.29 is 8.42 Å². The molecule has 0 aromatic carbocycles. The standard InChI is InChI=1S/C13H27N3O2S/c1-5-9-16(13(2,3)4)19(17,18)15-10-7-6-8-12(15)11-14/h5,12H,1,6-11,14H2,2-4H3. The summed E-state index contributed by atoms with van der Waals surface area (Å²) in [6, 6.07) is -0.0755.